The summed E-state index contributed by atoms with van der Waals surface area (Å²) < 4.78 is 39.0. The molecule has 0 amide bonds. The molecule has 1 aliphatic carbocycles. The smallest absolute Gasteiger partial charge is 0.240 e. The van der Waals surface area contributed by atoms with Gasteiger partial charge in [-0.05, 0) is 68.0 Å². The first kappa shape index (κ1) is 19.7. The minimum Gasteiger partial charge on any atom is -0.492 e. The van der Waals surface area contributed by atoms with Crippen molar-refractivity contribution in [3.63, 3.8) is 0 Å². The number of ether oxygens (including phenoxy) is 2. The largest absolute Gasteiger partial charge is 0.492 e. The summed E-state index contributed by atoms with van der Waals surface area (Å²) in [7, 11) is -3.56. The van der Waals surface area contributed by atoms with Crippen LogP contribution in [0.3, 0.4) is 0 Å². The Morgan fingerprint density at radius 2 is 1.74 bits per heavy atom. The fraction of sp³-hybridized carbons (Fsp3) is 0.429. The Morgan fingerprint density at radius 1 is 1.04 bits per heavy atom. The van der Waals surface area contributed by atoms with Crippen molar-refractivity contribution in [2.75, 3.05) is 13.2 Å². The molecule has 2 aromatic rings. The third kappa shape index (κ3) is 5.47. The maximum atomic E-state index is 12.4. The van der Waals surface area contributed by atoms with Gasteiger partial charge < -0.3 is 9.47 Å². The molecule has 0 aliphatic heterocycles. The first-order valence-electron chi connectivity index (χ1n) is 9.55. The van der Waals surface area contributed by atoms with Crippen LogP contribution in [0.4, 0.5) is 0 Å². The second-order valence-corrected chi connectivity index (χ2v) is 8.47. The van der Waals surface area contributed by atoms with Gasteiger partial charge in [0.05, 0.1) is 11.0 Å². The van der Waals surface area contributed by atoms with E-state index in [4.69, 9.17) is 9.47 Å². The van der Waals surface area contributed by atoms with Crippen LogP contribution in [0.15, 0.2) is 53.4 Å². The number of benzene rings is 2. The van der Waals surface area contributed by atoms with Crippen molar-refractivity contribution in [3.05, 3.63) is 54.1 Å². The van der Waals surface area contributed by atoms with Crippen molar-refractivity contribution >= 4 is 10.0 Å². The quantitative estimate of drug-likeness (QED) is 0.660. The highest BCUT2D eigenvalue weighted by Gasteiger charge is 2.17. The number of aryl methyl sites for hydroxylation is 1. The third-order valence-electron chi connectivity index (χ3n) is 4.74. The average molecular weight is 390 g/mol. The van der Waals surface area contributed by atoms with E-state index in [0.717, 1.165) is 36.3 Å². The Kier molecular flexibility index (Phi) is 6.74. The molecule has 0 spiro atoms. The van der Waals surface area contributed by atoms with Gasteiger partial charge in [0.2, 0.25) is 10.0 Å². The molecule has 6 heteroatoms. The van der Waals surface area contributed by atoms with Gasteiger partial charge in [0, 0.05) is 6.54 Å². The highest BCUT2D eigenvalue weighted by molar-refractivity contribution is 7.89. The van der Waals surface area contributed by atoms with E-state index in [1.54, 1.807) is 24.3 Å². The van der Waals surface area contributed by atoms with E-state index < -0.39 is 10.0 Å². The molecule has 3 rings (SSSR count). The van der Waals surface area contributed by atoms with Crippen LogP contribution in [-0.2, 0) is 16.4 Å². The molecule has 5 nitrogen and oxygen atoms in total. The minimum atomic E-state index is -3.56. The van der Waals surface area contributed by atoms with Crippen LogP contribution in [0.25, 0.3) is 0 Å². The lowest BCUT2D eigenvalue weighted by atomic mass is 10.1. The zero-order valence-electron chi connectivity index (χ0n) is 15.7. The molecule has 27 heavy (non-hydrogen) atoms. The molecule has 0 aromatic heterocycles. The molecule has 0 atom stereocenters. The van der Waals surface area contributed by atoms with E-state index in [0.29, 0.717) is 0 Å². The lowest BCUT2D eigenvalue weighted by Crippen LogP contribution is -2.28. The Bertz CT molecular complexity index is 828. The number of sulfonamides is 1. The van der Waals surface area contributed by atoms with Crippen molar-refractivity contribution in [2.45, 2.75) is 50.0 Å². The SMILES string of the molecule is CCc1ccccc1OCCNS(=O)(=O)c1ccc(OC2CCCC2)cc1. The van der Waals surface area contributed by atoms with Gasteiger partial charge in [-0.1, -0.05) is 25.1 Å². The first-order chi connectivity index (χ1) is 13.1. The number of nitrogens with one attached hydrogen (secondary N) is 1. The topological polar surface area (TPSA) is 64.6 Å². The standard InChI is InChI=1S/C21H27NO4S/c1-2-17-7-3-6-10-21(17)25-16-15-22-27(23,24)20-13-11-19(12-14-20)26-18-8-4-5-9-18/h3,6-7,10-14,18,22H,2,4-5,8-9,15-16H2,1H3. The van der Waals surface area contributed by atoms with E-state index >= 15 is 0 Å². The molecular formula is C21H27NO4S. The van der Waals surface area contributed by atoms with Crippen molar-refractivity contribution in [1.29, 1.82) is 0 Å². The third-order valence-corrected chi connectivity index (χ3v) is 6.22. The molecule has 1 saturated carbocycles. The summed E-state index contributed by atoms with van der Waals surface area (Å²) in [6.07, 6.45) is 5.68. The average Bonchev–Trinajstić information content (AvgIpc) is 3.19. The van der Waals surface area contributed by atoms with E-state index in [1.165, 1.54) is 12.8 Å². The molecule has 0 radical (unpaired) electrons. The monoisotopic (exact) mass is 389 g/mol. The van der Waals surface area contributed by atoms with Crippen LogP contribution >= 0.6 is 0 Å². The summed E-state index contributed by atoms with van der Waals surface area (Å²) in [6.45, 7) is 2.55. The maximum Gasteiger partial charge on any atom is 0.240 e. The minimum absolute atomic E-state index is 0.209. The van der Waals surface area contributed by atoms with Gasteiger partial charge in [-0.3, -0.25) is 0 Å². The van der Waals surface area contributed by atoms with Gasteiger partial charge in [0.1, 0.15) is 18.1 Å². The lowest BCUT2D eigenvalue weighted by molar-refractivity contribution is 0.210. The second-order valence-electron chi connectivity index (χ2n) is 6.70. The zero-order valence-corrected chi connectivity index (χ0v) is 16.5. The van der Waals surface area contributed by atoms with Crippen LogP contribution in [0, 0.1) is 0 Å². The highest BCUT2D eigenvalue weighted by atomic mass is 32.2. The maximum absolute atomic E-state index is 12.4. The van der Waals surface area contributed by atoms with Gasteiger partial charge in [-0.2, -0.15) is 0 Å². The molecule has 0 unspecified atom stereocenters. The number of para-hydroxylation sites is 1. The van der Waals surface area contributed by atoms with Gasteiger partial charge in [0.15, 0.2) is 0 Å². The van der Waals surface area contributed by atoms with E-state index in [1.807, 2.05) is 24.3 Å². The summed E-state index contributed by atoms with van der Waals surface area (Å²) in [4.78, 5) is 0.232. The molecule has 2 aromatic carbocycles. The molecule has 0 heterocycles. The lowest BCUT2D eigenvalue weighted by Gasteiger charge is -2.14. The van der Waals surface area contributed by atoms with E-state index in [2.05, 4.69) is 11.6 Å². The molecule has 1 fully saturated rings. The second kappa shape index (κ2) is 9.24. The summed E-state index contributed by atoms with van der Waals surface area (Å²) in [5.74, 6) is 1.52. The summed E-state index contributed by atoms with van der Waals surface area (Å²) in [5.41, 5.74) is 1.11. The van der Waals surface area contributed by atoms with Gasteiger partial charge >= 0.3 is 0 Å². The highest BCUT2D eigenvalue weighted by Crippen LogP contribution is 2.25. The van der Waals surface area contributed by atoms with Crippen LogP contribution in [-0.4, -0.2) is 27.7 Å². The van der Waals surface area contributed by atoms with Crippen molar-refractivity contribution in [2.24, 2.45) is 0 Å². The summed E-state index contributed by atoms with van der Waals surface area (Å²) in [6, 6.07) is 14.4. The Labute approximate surface area is 161 Å². The van der Waals surface area contributed by atoms with Crippen LogP contribution < -0.4 is 14.2 Å². The number of hydrogen-bond acceptors (Lipinski definition) is 4. The molecular weight excluding hydrogens is 362 g/mol. The zero-order chi connectivity index (χ0) is 19.1. The van der Waals surface area contributed by atoms with Gasteiger partial charge in [-0.15, -0.1) is 0 Å². The van der Waals surface area contributed by atoms with Crippen molar-refractivity contribution in [3.8, 4) is 11.5 Å². The Balaban J connectivity index is 1.50. The molecule has 0 bridgehead atoms. The number of rotatable bonds is 9. The summed E-state index contributed by atoms with van der Waals surface area (Å²) in [5, 5.41) is 0. The van der Waals surface area contributed by atoms with Crippen molar-refractivity contribution in [1.82, 2.24) is 4.72 Å². The number of hydrogen-bond donors (Lipinski definition) is 1. The van der Waals surface area contributed by atoms with E-state index in [9.17, 15) is 8.42 Å². The van der Waals surface area contributed by atoms with E-state index in [-0.39, 0.29) is 24.2 Å². The fourth-order valence-corrected chi connectivity index (χ4v) is 4.27. The van der Waals surface area contributed by atoms with Gasteiger partial charge in [0.25, 0.3) is 0 Å². The van der Waals surface area contributed by atoms with Gasteiger partial charge in [-0.25, -0.2) is 13.1 Å². The predicted octanol–water partition coefficient (Wildman–Crippen LogP) is 3.93. The van der Waals surface area contributed by atoms with Crippen LogP contribution in [0.1, 0.15) is 38.2 Å². The molecule has 1 aliphatic rings. The molecule has 0 saturated heterocycles. The predicted molar refractivity (Wildman–Crippen MR) is 106 cm³/mol. The Hall–Kier alpha value is -2.05. The molecule has 1 N–H and O–H groups in total. The van der Waals surface area contributed by atoms with Crippen molar-refractivity contribution < 1.29 is 17.9 Å². The van der Waals surface area contributed by atoms with Crippen LogP contribution in [0.2, 0.25) is 0 Å². The normalized spacial score (nSPS) is 15.0. The Morgan fingerprint density at radius 3 is 2.44 bits per heavy atom. The van der Waals surface area contributed by atoms with Crippen LogP contribution in [0.5, 0.6) is 11.5 Å². The first-order valence-corrected chi connectivity index (χ1v) is 11.0. The molecule has 146 valence electrons. The fourth-order valence-electron chi connectivity index (χ4n) is 3.25. The summed E-state index contributed by atoms with van der Waals surface area (Å²) >= 11 is 0.